The van der Waals surface area contributed by atoms with Crippen molar-refractivity contribution < 1.29 is 27.4 Å². The van der Waals surface area contributed by atoms with E-state index in [1.54, 1.807) is 7.05 Å². The number of hydrogen-bond donors (Lipinski definition) is 1. The van der Waals surface area contributed by atoms with Gasteiger partial charge in [-0.25, -0.2) is 4.79 Å². The lowest BCUT2D eigenvalue weighted by molar-refractivity contribution is -0.274. The molecule has 1 aromatic rings. The van der Waals surface area contributed by atoms with Crippen LogP contribution < -0.4 is 10.1 Å². The number of nitrogens with one attached hydrogen (secondary N) is 1. The molecule has 1 rings (SSSR count). The average Bonchev–Trinajstić information content (AvgIpc) is 2.28. The lowest BCUT2D eigenvalue weighted by atomic mass is 10.2. The Bertz CT molecular complexity index is 390. The van der Waals surface area contributed by atoms with Crippen LogP contribution >= 0.6 is 0 Å². The second-order valence-electron chi connectivity index (χ2n) is 3.31. The minimum absolute atomic E-state index is 0.167. The molecule has 0 saturated heterocycles. The molecule has 0 aliphatic carbocycles. The molecule has 1 aromatic carbocycles. The molecule has 0 amide bonds. The van der Waals surface area contributed by atoms with Gasteiger partial charge in [0.25, 0.3) is 0 Å². The van der Waals surface area contributed by atoms with Crippen molar-refractivity contribution in [2.75, 3.05) is 20.2 Å². The summed E-state index contributed by atoms with van der Waals surface area (Å²) in [5.41, 5.74) is 0.167. The van der Waals surface area contributed by atoms with Gasteiger partial charge in [0.05, 0.1) is 5.56 Å². The molecule has 1 N–H and O–H groups in total. The van der Waals surface area contributed by atoms with Crippen LogP contribution in [0.3, 0.4) is 0 Å². The van der Waals surface area contributed by atoms with Crippen molar-refractivity contribution in [3.8, 4) is 5.75 Å². The van der Waals surface area contributed by atoms with Crippen LogP contribution in [0.15, 0.2) is 24.3 Å². The summed E-state index contributed by atoms with van der Waals surface area (Å²) in [4.78, 5) is 11.4. The molecule has 0 aliphatic heterocycles. The first kappa shape index (κ1) is 14.3. The molecule has 0 spiro atoms. The topological polar surface area (TPSA) is 47.6 Å². The fraction of sp³-hybridized carbons (Fsp3) is 0.364. The molecule has 0 radical (unpaired) electrons. The number of esters is 1. The van der Waals surface area contributed by atoms with Gasteiger partial charge in [0, 0.05) is 6.54 Å². The molecule has 0 heterocycles. The average molecular weight is 263 g/mol. The van der Waals surface area contributed by atoms with E-state index >= 15 is 0 Å². The Morgan fingerprint density at radius 3 is 2.39 bits per heavy atom. The molecule has 0 bridgehead atoms. The maximum atomic E-state index is 11.9. The number of likely N-dealkylation sites (N-methyl/N-ethyl adjacent to an activating group) is 1. The molecule has 0 saturated carbocycles. The lowest BCUT2D eigenvalue weighted by Crippen LogP contribution is -2.18. The van der Waals surface area contributed by atoms with Crippen LogP contribution in [0.4, 0.5) is 13.2 Å². The summed E-state index contributed by atoms with van der Waals surface area (Å²) in [6, 6.07) is 4.54. The summed E-state index contributed by atoms with van der Waals surface area (Å²) in [5, 5.41) is 2.79. The summed E-state index contributed by atoms with van der Waals surface area (Å²) in [7, 11) is 1.71. The number of halogens is 3. The van der Waals surface area contributed by atoms with Crippen LogP contribution in [0.5, 0.6) is 5.75 Å². The lowest BCUT2D eigenvalue weighted by Gasteiger charge is -2.09. The smallest absolute Gasteiger partial charge is 0.461 e. The highest BCUT2D eigenvalue weighted by molar-refractivity contribution is 5.89. The van der Waals surface area contributed by atoms with E-state index in [2.05, 4.69) is 10.1 Å². The zero-order valence-electron chi connectivity index (χ0n) is 9.58. The van der Waals surface area contributed by atoms with Crippen molar-refractivity contribution in [1.82, 2.24) is 5.32 Å². The van der Waals surface area contributed by atoms with Crippen molar-refractivity contribution >= 4 is 5.97 Å². The minimum atomic E-state index is -4.74. The van der Waals surface area contributed by atoms with Crippen LogP contribution in [0.2, 0.25) is 0 Å². The molecular weight excluding hydrogens is 251 g/mol. The Labute approximate surface area is 102 Å². The molecule has 4 nitrogen and oxygen atoms in total. The highest BCUT2D eigenvalue weighted by Gasteiger charge is 2.31. The van der Waals surface area contributed by atoms with E-state index in [0.717, 1.165) is 12.1 Å². The number of alkyl halides is 3. The highest BCUT2D eigenvalue weighted by atomic mass is 19.4. The van der Waals surface area contributed by atoms with E-state index in [1.807, 2.05) is 0 Å². The van der Waals surface area contributed by atoms with Crippen LogP contribution in [0, 0.1) is 0 Å². The Balaban J connectivity index is 2.57. The minimum Gasteiger partial charge on any atom is -0.461 e. The quantitative estimate of drug-likeness (QED) is 0.651. The molecule has 0 unspecified atom stereocenters. The van der Waals surface area contributed by atoms with Crippen LogP contribution in [-0.2, 0) is 4.74 Å². The van der Waals surface area contributed by atoms with Crippen molar-refractivity contribution in [3.05, 3.63) is 29.8 Å². The number of hydrogen-bond acceptors (Lipinski definition) is 4. The summed E-state index contributed by atoms with van der Waals surface area (Å²) >= 11 is 0. The Kier molecular flexibility index (Phi) is 4.96. The van der Waals surface area contributed by atoms with Crippen LogP contribution in [0.25, 0.3) is 0 Å². The number of rotatable bonds is 5. The van der Waals surface area contributed by atoms with Gasteiger partial charge in [0.2, 0.25) is 0 Å². The van der Waals surface area contributed by atoms with Gasteiger partial charge in [-0.1, -0.05) is 0 Å². The van der Waals surface area contributed by atoms with Crippen molar-refractivity contribution in [1.29, 1.82) is 0 Å². The summed E-state index contributed by atoms with van der Waals surface area (Å²) < 4.78 is 44.2. The molecule has 0 atom stereocenters. The Morgan fingerprint density at radius 2 is 1.89 bits per heavy atom. The summed E-state index contributed by atoms with van der Waals surface area (Å²) in [6.45, 7) is 0.692. The Morgan fingerprint density at radius 1 is 1.28 bits per heavy atom. The fourth-order valence-corrected chi connectivity index (χ4v) is 1.12. The zero-order valence-corrected chi connectivity index (χ0v) is 9.58. The predicted octanol–water partition coefficient (Wildman–Crippen LogP) is 1.96. The molecular formula is C11H12F3NO3. The van der Waals surface area contributed by atoms with Crippen molar-refractivity contribution in [2.24, 2.45) is 0 Å². The predicted molar refractivity (Wildman–Crippen MR) is 57.3 cm³/mol. The van der Waals surface area contributed by atoms with Gasteiger partial charge in [-0.3, -0.25) is 0 Å². The first-order valence-electron chi connectivity index (χ1n) is 5.10. The van der Waals surface area contributed by atoms with Gasteiger partial charge in [0.1, 0.15) is 12.4 Å². The zero-order chi connectivity index (χ0) is 13.6. The van der Waals surface area contributed by atoms with E-state index < -0.39 is 12.3 Å². The van der Waals surface area contributed by atoms with Gasteiger partial charge >= 0.3 is 12.3 Å². The normalized spacial score (nSPS) is 11.1. The molecule has 7 heteroatoms. The maximum Gasteiger partial charge on any atom is 0.573 e. The van der Waals surface area contributed by atoms with E-state index in [4.69, 9.17) is 4.74 Å². The van der Waals surface area contributed by atoms with Gasteiger partial charge in [-0.15, -0.1) is 13.2 Å². The van der Waals surface area contributed by atoms with Gasteiger partial charge in [-0.2, -0.15) is 0 Å². The maximum absolute atomic E-state index is 11.9. The van der Waals surface area contributed by atoms with E-state index in [1.165, 1.54) is 12.1 Å². The number of carbonyl (C=O) groups is 1. The molecule has 0 aromatic heterocycles. The Hall–Kier alpha value is -1.76. The molecule has 0 fully saturated rings. The highest BCUT2D eigenvalue weighted by Crippen LogP contribution is 2.22. The van der Waals surface area contributed by atoms with E-state index in [0.29, 0.717) is 6.54 Å². The van der Waals surface area contributed by atoms with Gasteiger partial charge in [-0.05, 0) is 31.3 Å². The third kappa shape index (κ3) is 5.05. The second kappa shape index (κ2) is 6.25. The summed E-state index contributed by atoms with van der Waals surface area (Å²) in [6.07, 6.45) is -4.74. The number of ether oxygens (including phenoxy) is 2. The van der Waals surface area contributed by atoms with Crippen molar-refractivity contribution in [2.45, 2.75) is 6.36 Å². The number of benzene rings is 1. The van der Waals surface area contributed by atoms with E-state index in [-0.39, 0.29) is 17.9 Å². The number of carbonyl (C=O) groups excluding carboxylic acids is 1. The fourth-order valence-electron chi connectivity index (χ4n) is 1.12. The molecule has 18 heavy (non-hydrogen) atoms. The van der Waals surface area contributed by atoms with E-state index in [9.17, 15) is 18.0 Å². The van der Waals surface area contributed by atoms with Gasteiger partial charge in [0.15, 0.2) is 0 Å². The van der Waals surface area contributed by atoms with Crippen molar-refractivity contribution in [3.63, 3.8) is 0 Å². The standard InChI is InChI=1S/C11H12F3NO3/c1-15-6-7-17-10(16)8-2-4-9(5-3-8)18-11(12,13)14/h2-5,15H,6-7H2,1H3. The third-order valence-electron chi connectivity index (χ3n) is 1.91. The second-order valence-corrected chi connectivity index (χ2v) is 3.31. The first-order chi connectivity index (χ1) is 8.42. The third-order valence-corrected chi connectivity index (χ3v) is 1.91. The van der Waals surface area contributed by atoms with Crippen LogP contribution in [0.1, 0.15) is 10.4 Å². The van der Waals surface area contributed by atoms with Crippen LogP contribution in [-0.4, -0.2) is 32.5 Å². The SMILES string of the molecule is CNCCOC(=O)c1ccc(OC(F)(F)F)cc1. The molecule has 100 valence electrons. The summed E-state index contributed by atoms with van der Waals surface area (Å²) in [5.74, 6) is -0.974. The first-order valence-corrected chi connectivity index (χ1v) is 5.10. The molecule has 0 aliphatic rings. The monoisotopic (exact) mass is 263 g/mol. The van der Waals surface area contributed by atoms with Gasteiger partial charge < -0.3 is 14.8 Å². The largest absolute Gasteiger partial charge is 0.573 e.